The number of nitrogens with one attached hydrogen (secondary N) is 1. The van der Waals surface area contributed by atoms with Gasteiger partial charge in [-0.1, -0.05) is 23.7 Å². The molecule has 0 saturated carbocycles. The van der Waals surface area contributed by atoms with Crippen LogP contribution in [0.3, 0.4) is 0 Å². The van der Waals surface area contributed by atoms with Gasteiger partial charge in [-0.2, -0.15) is 9.29 Å². The number of nitrogens with zero attached hydrogens (tertiary/aromatic N) is 5. The molecule has 0 bridgehead atoms. The first kappa shape index (κ1) is 26.5. The number of aryl methyl sites for hydroxylation is 1. The SMILES string of the molecule is COc1ccc(CN(C)S(=O)(=O)c2cc(C)c(Nc3ncc4cc(Cl)c(=O)n(C(C)C)c4n3)cn2)cc1. The molecule has 0 fully saturated rings. The third kappa shape index (κ3) is 5.43. The largest absolute Gasteiger partial charge is 0.497 e. The highest BCUT2D eigenvalue weighted by Crippen LogP contribution is 2.24. The van der Waals surface area contributed by atoms with E-state index >= 15 is 0 Å². The van der Waals surface area contributed by atoms with Gasteiger partial charge in [0, 0.05) is 31.2 Å². The highest BCUT2D eigenvalue weighted by atomic mass is 35.5. The molecule has 1 aromatic carbocycles. The lowest BCUT2D eigenvalue weighted by Crippen LogP contribution is -2.27. The van der Waals surface area contributed by atoms with E-state index in [9.17, 15) is 13.2 Å². The number of halogens is 1. The monoisotopic (exact) mass is 542 g/mol. The van der Waals surface area contributed by atoms with Crippen molar-refractivity contribution in [1.82, 2.24) is 23.8 Å². The van der Waals surface area contributed by atoms with Gasteiger partial charge in [-0.15, -0.1) is 0 Å². The van der Waals surface area contributed by atoms with E-state index in [0.29, 0.717) is 28.0 Å². The van der Waals surface area contributed by atoms with E-state index in [1.165, 1.54) is 34.2 Å². The summed E-state index contributed by atoms with van der Waals surface area (Å²) in [6.45, 7) is 5.67. The minimum Gasteiger partial charge on any atom is -0.497 e. The number of methoxy groups -OCH3 is 1. The van der Waals surface area contributed by atoms with Crippen LogP contribution in [0.5, 0.6) is 5.75 Å². The first-order valence-corrected chi connectivity index (χ1v) is 13.2. The van der Waals surface area contributed by atoms with Gasteiger partial charge < -0.3 is 10.1 Å². The van der Waals surface area contributed by atoms with Crippen LogP contribution in [0.4, 0.5) is 11.6 Å². The van der Waals surface area contributed by atoms with Crippen molar-refractivity contribution in [1.29, 1.82) is 0 Å². The second kappa shape index (κ2) is 10.4. The zero-order chi connectivity index (χ0) is 26.9. The van der Waals surface area contributed by atoms with Crippen molar-refractivity contribution in [2.24, 2.45) is 0 Å². The van der Waals surface area contributed by atoms with Gasteiger partial charge in [-0.3, -0.25) is 9.36 Å². The molecular formula is C25H27ClN6O4S. The molecule has 12 heteroatoms. The summed E-state index contributed by atoms with van der Waals surface area (Å²) in [5.74, 6) is 0.932. The van der Waals surface area contributed by atoms with Crippen LogP contribution in [0.25, 0.3) is 11.0 Å². The first-order valence-electron chi connectivity index (χ1n) is 11.4. The van der Waals surface area contributed by atoms with Gasteiger partial charge in [0.15, 0.2) is 5.03 Å². The number of anilines is 2. The average molecular weight is 543 g/mol. The van der Waals surface area contributed by atoms with Crippen LogP contribution < -0.4 is 15.6 Å². The molecule has 0 saturated heterocycles. The Morgan fingerprint density at radius 1 is 1.14 bits per heavy atom. The van der Waals surface area contributed by atoms with Gasteiger partial charge in [0.2, 0.25) is 5.95 Å². The number of hydrogen-bond donors (Lipinski definition) is 1. The van der Waals surface area contributed by atoms with Crippen molar-refractivity contribution < 1.29 is 13.2 Å². The lowest BCUT2D eigenvalue weighted by Gasteiger charge is -2.18. The average Bonchev–Trinajstić information content (AvgIpc) is 2.86. The van der Waals surface area contributed by atoms with E-state index in [1.54, 1.807) is 32.4 Å². The maximum absolute atomic E-state index is 13.1. The van der Waals surface area contributed by atoms with Gasteiger partial charge in [0.05, 0.1) is 19.0 Å². The Morgan fingerprint density at radius 2 is 1.84 bits per heavy atom. The lowest BCUT2D eigenvalue weighted by atomic mass is 10.2. The van der Waals surface area contributed by atoms with Crippen molar-refractivity contribution in [2.75, 3.05) is 19.5 Å². The topological polar surface area (TPSA) is 119 Å². The fourth-order valence-corrected chi connectivity index (χ4v) is 5.14. The van der Waals surface area contributed by atoms with Gasteiger partial charge in [-0.25, -0.2) is 18.4 Å². The molecule has 4 rings (SSSR count). The summed E-state index contributed by atoms with van der Waals surface area (Å²) in [5, 5.41) is 3.72. The molecular weight excluding hydrogens is 516 g/mol. The first-order chi connectivity index (χ1) is 17.5. The zero-order valence-electron chi connectivity index (χ0n) is 21.1. The number of ether oxygens (including phenoxy) is 1. The summed E-state index contributed by atoms with van der Waals surface area (Å²) in [7, 11) is -0.756. The minimum absolute atomic E-state index is 0.0747. The number of pyridine rings is 2. The standard InChI is InChI=1S/C25H27ClN6O4S/c1-15(2)32-23-18(11-20(26)24(32)33)12-28-25(30-23)29-21-13-27-22(10-16(21)3)37(34,35)31(4)14-17-6-8-19(36-5)9-7-17/h6-13,15H,14H2,1-5H3,(H,28,29,30). The molecule has 0 aliphatic heterocycles. The number of fused-ring (bicyclic) bond motifs is 1. The molecule has 0 unspecified atom stereocenters. The fourth-order valence-electron chi connectivity index (χ4n) is 3.78. The Morgan fingerprint density at radius 3 is 2.46 bits per heavy atom. The van der Waals surface area contributed by atoms with Crippen LogP contribution in [-0.2, 0) is 16.6 Å². The fraction of sp³-hybridized carbons (Fsp3) is 0.280. The van der Waals surface area contributed by atoms with Crippen LogP contribution >= 0.6 is 11.6 Å². The van der Waals surface area contributed by atoms with Crippen LogP contribution in [0.2, 0.25) is 5.02 Å². The summed E-state index contributed by atoms with van der Waals surface area (Å²) in [4.78, 5) is 25.6. The van der Waals surface area contributed by atoms with Crippen molar-refractivity contribution in [3.8, 4) is 5.75 Å². The highest BCUT2D eigenvalue weighted by molar-refractivity contribution is 7.89. The summed E-state index contributed by atoms with van der Waals surface area (Å²) in [6, 6.07) is 10.0. The summed E-state index contributed by atoms with van der Waals surface area (Å²) in [6.07, 6.45) is 3.00. The van der Waals surface area contributed by atoms with E-state index in [4.69, 9.17) is 16.3 Å². The third-order valence-electron chi connectivity index (χ3n) is 5.82. The molecule has 0 radical (unpaired) electrons. The normalized spacial score (nSPS) is 11.9. The predicted molar refractivity (Wildman–Crippen MR) is 143 cm³/mol. The molecule has 4 aromatic rings. The number of sulfonamides is 1. The molecule has 3 aromatic heterocycles. The van der Waals surface area contributed by atoms with Gasteiger partial charge in [0.1, 0.15) is 16.4 Å². The third-order valence-corrected chi connectivity index (χ3v) is 7.79. The van der Waals surface area contributed by atoms with Gasteiger partial charge in [-0.05, 0) is 56.2 Å². The molecule has 3 heterocycles. The second-order valence-corrected chi connectivity index (χ2v) is 11.2. The summed E-state index contributed by atoms with van der Waals surface area (Å²) < 4.78 is 34.2. The Hall–Kier alpha value is -3.54. The Bertz CT molecular complexity index is 1620. The minimum atomic E-state index is -3.84. The van der Waals surface area contributed by atoms with Crippen molar-refractivity contribution >= 4 is 44.3 Å². The smallest absolute Gasteiger partial charge is 0.271 e. The maximum Gasteiger partial charge on any atom is 0.271 e. The van der Waals surface area contributed by atoms with Gasteiger partial charge >= 0.3 is 0 Å². The van der Waals surface area contributed by atoms with E-state index in [2.05, 4.69) is 20.3 Å². The summed E-state index contributed by atoms with van der Waals surface area (Å²) >= 11 is 6.09. The van der Waals surface area contributed by atoms with Crippen LogP contribution in [0.1, 0.15) is 31.0 Å². The predicted octanol–water partition coefficient (Wildman–Crippen LogP) is 4.30. The molecule has 0 spiro atoms. The number of hydrogen-bond acceptors (Lipinski definition) is 8. The van der Waals surface area contributed by atoms with Crippen molar-refractivity contribution in [3.63, 3.8) is 0 Å². The van der Waals surface area contributed by atoms with E-state index in [1.807, 2.05) is 26.0 Å². The number of aromatic nitrogens is 4. The molecule has 1 N–H and O–H groups in total. The molecule has 0 aliphatic carbocycles. The Labute approximate surface area is 220 Å². The van der Waals surface area contributed by atoms with Crippen LogP contribution in [-0.4, -0.2) is 46.4 Å². The Balaban J connectivity index is 1.59. The van der Waals surface area contributed by atoms with E-state index in [0.717, 1.165) is 5.56 Å². The van der Waals surface area contributed by atoms with Gasteiger partial charge in [0.25, 0.3) is 15.6 Å². The van der Waals surface area contributed by atoms with Crippen LogP contribution in [0.15, 0.2) is 58.6 Å². The molecule has 194 valence electrons. The van der Waals surface area contributed by atoms with E-state index < -0.39 is 10.0 Å². The summed E-state index contributed by atoms with van der Waals surface area (Å²) in [5.41, 5.74) is 2.08. The molecule has 10 nitrogen and oxygen atoms in total. The molecule has 0 atom stereocenters. The van der Waals surface area contributed by atoms with Crippen molar-refractivity contribution in [2.45, 2.75) is 38.4 Å². The highest BCUT2D eigenvalue weighted by Gasteiger charge is 2.23. The second-order valence-electron chi connectivity index (χ2n) is 8.81. The molecule has 0 aliphatic rings. The lowest BCUT2D eigenvalue weighted by molar-refractivity contribution is 0.414. The van der Waals surface area contributed by atoms with Crippen molar-refractivity contribution in [3.05, 3.63) is 75.3 Å². The van der Waals surface area contributed by atoms with E-state index in [-0.39, 0.29) is 34.1 Å². The quantitative estimate of drug-likeness (QED) is 0.350. The maximum atomic E-state index is 13.1. The molecule has 37 heavy (non-hydrogen) atoms. The zero-order valence-corrected chi connectivity index (χ0v) is 22.6. The Kier molecular flexibility index (Phi) is 7.49. The number of rotatable bonds is 8. The van der Waals surface area contributed by atoms with Crippen LogP contribution in [0, 0.1) is 6.92 Å². The number of benzene rings is 1. The molecule has 0 amide bonds.